The van der Waals surface area contributed by atoms with Crippen LogP contribution in [0.5, 0.6) is 0 Å². The van der Waals surface area contributed by atoms with E-state index in [1.54, 1.807) is 0 Å². The summed E-state index contributed by atoms with van der Waals surface area (Å²) < 4.78 is 5.29. The third-order valence-electron chi connectivity index (χ3n) is 4.19. The molecular formula is C14H18N4O2S. The second-order valence-corrected chi connectivity index (χ2v) is 7.01. The van der Waals surface area contributed by atoms with Gasteiger partial charge in [0.1, 0.15) is 5.01 Å². The highest BCUT2D eigenvalue weighted by Gasteiger charge is 2.36. The van der Waals surface area contributed by atoms with E-state index in [-0.39, 0.29) is 12.1 Å². The first-order valence-corrected chi connectivity index (χ1v) is 8.20. The predicted molar refractivity (Wildman–Crippen MR) is 76.9 cm³/mol. The Kier molecular flexibility index (Phi) is 3.28. The van der Waals surface area contributed by atoms with E-state index >= 15 is 0 Å². The number of aryl methyl sites for hydroxylation is 3. The molecule has 1 aliphatic heterocycles. The van der Waals surface area contributed by atoms with Crippen LogP contribution in [0.25, 0.3) is 0 Å². The minimum atomic E-state index is -0.339. The Labute approximate surface area is 126 Å². The summed E-state index contributed by atoms with van der Waals surface area (Å²) in [5.41, 5.74) is 1.28. The molecule has 1 N–H and O–H groups in total. The van der Waals surface area contributed by atoms with Crippen molar-refractivity contribution in [3.63, 3.8) is 0 Å². The van der Waals surface area contributed by atoms with Crippen LogP contribution in [0, 0.1) is 6.92 Å². The molecule has 7 heteroatoms. The first-order chi connectivity index (χ1) is 10.2. The van der Waals surface area contributed by atoms with E-state index in [1.165, 1.54) is 23.4 Å². The molecule has 0 aromatic carbocycles. The van der Waals surface area contributed by atoms with Gasteiger partial charge < -0.3 is 9.63 Å². The maximum atomic E-state index is 9.98. The molecule has 112 valence electrons. The zero-order valence-electron chi connectivity index (χ0n) is 11.9. The summed E-state index contributed by atoms with van der Waals surface area (Å²) in [4.78, 5) is 12.7. The molecule has 2 aromatic rings. The number of thiazole rings is 1. The Balaban J connectivity index is 1.54. The van der Waals surface area contributed by atoms with Crippen molar-refractivity contribution >= 4 is 11.3 Å². The molecular weight excluding hydrogens is 288 g/mol. The van der Waals surface area contributed by atoms with Gasteiger partial charge in [-0.05, 0) is 32.6 Å². The van der Waals surface area contributed by atoms with Gasteiger partial charge >= 0.3 is 0 Å². The van der Waals surface area contributed by atoms with E-state index in [2.05, 4.69) is 15.0 Å². The number of fused-ring (bicyclic) bond motifs is 1. The monoisotopic (exact) mass is 306 g/mol. The molecule has 0 spiro atoms. The number of β-amino-alcohol motifs (C(OH)–C–C–N with tert-alkyl or cyclic N) is 1. The Morgan fingerprint density at radius 1 is 1.38 bits per heavy atom. The molecule has 1 aliphatic carbocycles. The highest BCUT2D eigenvalue weighted by Crippen LogP contribution is 2.34. The standard InChI is InChI=1S/C14H18N4O2S/c1-8-15-14(20-17-8)11-5-9(19)6-18(11)7-13-16-10-3-2-4-12(10)21-13/h9,11,19H,2-7H2,1H3/t9-,11-/m1/s1. The molecule has 2 atom stereocenters. The van der Waals surface area contributed by atoms with Crippen LogP contribution >= 0.6 is 11.3 Å². The van der Waals surface area contributed by atoms with Gasteiger partial charge in [-0.2, -0.15) is 4.98 Å². The SMILES string of the molecule is Cc1noc([C@H]2C[C@@H](O)CN2Cc2nc3c(s2)CCC3)n1. The van der Waals surface area contributed by atoms with Gasteiger partial charge in [-0.25, -0.2) is 4.98 Å². The molecule has 2 aromatic heterocycles. The lowest BCUT2D eigenvalue weighted by molar-refractivity contribution is 0.169. The number of nitrogens with zero attached hydrogens (tertiary/aromatic N) is 4. The topological polar surface area (TPSA) is 75.3 Å². The summed E-state index contributed by atoms with van der Waals surface area (Å²) in [6, 6.07) is -0.0000550. The summed E-state index contributed by atoms with van der Waals surface area (Å²) in [6.45, 7) is 3.20. The van der Waals surface area contributed by atoms with Crippen molar-refractivity contribution in [2.45, 2.75) is 51.3 Å². The largest absolute Gasteiger partial charge is 0.392 e. The van der Waals surface area contributed by atoms with Gasteiger partial charge in [0, 0.05) is 11.4 Å². The number of aliphatic hydroxyl groups is 1. The fourth-order valence-electron chi connectivity index (χ4n) is 3.24. The predicted octanol–water partition coefficient (Wildman–Crippen LogP) is 1.63. The van der Waals surface area contributed by atoms with Crippen molar-refractivity contribution in [1.29, 1.82) is 0 Å². The molecule has 0 bridgehead atoms. The second kappa shape index (κ2) is 5.15. The van der Waals surface area contributed by atoms with Crippen LogP contribution < -0.4 is 0 Å². The second-order valence-electron chi connectivity index (χ2n) is 5.85. The third-order valence-corrected chi connectivity index (χ3v) is 5.33. The van der Waals surface area contributed by atoms with E-state index in [0.29, 0.717) is 24.7 Å². The van der Waals surface area contributed by atoms with Crippen molar-refractivity contribution in [2.24, 2.45) is 0 Å². The Morgan fingerprint density at radius 2 is 2.29 bits per heavy atom. The zero-order valence-corrected chi connectivity index (χ0v) is 12.8. The number of hydrogen-bond acceptors (Lipinski definition) is 7. The summed E-state index contributed by atoms with van der Waals surface area (Å²) in [5.74, 6) is 1.24. The molecule has 1 saturated heterocycles. The van der Waals surface area contributed by atoms with Crippen LogP contribution in [0.1, 0.15) is 46.2 Å². The van der Waals surface area contributed by atoms with Crippen molar-refractivity contribution in [3.8, 4) is 0 Å². The molecule has 4 rings (SSSR count). The van der Waals surface area contributed by atoms with Crippen LogP contribution in [0.2, 0.25) is 0 Å². The molecule has 3 heterocycles. The quantitative estimate of drug-likeness (QED) is 0.929. The number of rotatable bonds is 3. The zero-order chi connectivity index (χ0) is 14.4. The average Bonchev–Trinajstić information content (AvgIpc) is 3.14. The molecule has 0 amide bonds. The Hall–Kier alpha value is -1.31. The highest BCUT2D eigenvalue weighted by atomic mass is 32.1. The first kappa shape index (κ1) is 13.4. The minimum absolute atomic E-state index is 0.0000550. The number of aromatic nitrogens is 3. The minimum Gasteiger partial charge on any atom is -0.392 e. The molecule has 2 aliphatic rings. The molecule has 6 nitrogen and oxygen atoms in total. The van der Waals surface area contributed by atoms with Crippen LogP contribution in [0.3, 0.4) is 0 Å². The maximum absolute atomic E-state index is 9.98. The summed E-state index contributed by atoms with van der Waals surface area (Å²) in [6.07, 6.45) is 3.82. The average molecular weight is 306 g/mol. The van der Waals surface area contributed by atoms with Gasteiger partial charge in [0.25, 0.3) is 0 Å². The van der Waals surface area contributed by atoms with Crippen molar-refractivity contribution in [3.05, 3.63) is 27.3 Å². The van der Waals surface area contributed by atoms with E-state index in [4.69, 9.17) is 9.51 Å². The fraction of sp³-hybridized carbons (Fsp3) is 0.643. The smallest absolute Gasteiger partial charge is 0.244 e. The summed E-state index contributed by atoms with van der Waals surface area (Å²) in [7, 11) is 0. The van der Waals surface area contributed by atoms with Crippen LogP contribution in [0.15, 0.2) is 4.52 Å². The van der Waals surface area contributed by atoms with Gasteiger partial charge in [0.15, 0.2) is 5.82 Å². The van der Waals surface area contributed by atoms with Crippen molar-refractivity contribution < 1.29 is 9.63 Å². The molecule has 0 unspecified atom stereocenters. The lowest BCUT2D eigenvalue weighted by Gasteiger charge is -2.19. The Bertz CT molecular complexity index is 632. The van der Waals surface area contributed by atoms with Crippen molar-refractivity contribution in [2.75, 3.05) is 6.54 Å². The number of likely N-dealkylation sites (tertiary alicyclic amines) is 1. The van der Waals surface area contributed by atoms with Crippen LogP contribution in [-0.2, 0) is 19.4 Å². The van der Waals surface area contributed by atoms with Gasteiger partial charge in [0.2, 0.25) is 5.89 Å². The lowest BCUT2D eigenvalue weighted by Crippen LogP contribution is -2.24. The lowest BCUT2D eigenvalue weighted by atomic mass is 10.2. The van der Waals surface area contributed by atoms with Crippen molar-refractivity contribution in [1.82, 2.24) is 20.0 Å². The normalized spacial score (nSPS) is 25.6. The van der Waals surface area contributed by atoms with Gasteiger partial charge in [-0.3, -0.25) is 4.90 Å². The summed E-state index contributed by atoms with van der Waals surface area (Å²) >= 11 is 1.81. The molecule has 21 heavy (non-hydrogen) atoms. The van der Waals surface area contributed by atoms with E-state index in [9.17, 15) is 5.11 Å². The highest BCUT2D eigenvalue weighted by molar-refractivity contribution is 7.11. The third kappa shape index (κ3) is 2.49. The van der Waals surface area contributed by atoms with Gasteiger partial charge in [-0.1, -0.05) is 5.16 Å². The van der Waals surface area contributed by atoms with Crippen LogP contribution in [0.4, 0.5) is 0 Å². The molecule has 0 radical (unpaired) electrons. The maximum Gasteiger partial charge on any atom is 0.244 e. The van der Waals surface area contributed by atoms with E-state index < -0.39 is 0 Å². The fourth-order valence-corrected chi connectivity index (χ4v) is 4.43. The first-order valence-electron chi connectivity index (χ1n) is 7.39. The van der Waals surface area contributed by atoms with Gasteiger partial charge in [-0.15, -0.1) is 11.3 Å². The van der Waals surface area contributed by atoms with E-state index in [1.807, 2.05) is 18.3 Å². The summed E-state index contributed by atoms with van der Waals surface area (Å²) in [5, 5.41) is 15.0. The number of hydrogen-bond donors (Lipinski definition) is 1. The van der Waals surface area contributed by atoms with Gasteiger partial charge in [0.05, 0.1) is 24.4 Å². The number of aliphatic hydroxyl groups excluding tert-OH is 1. The van der Waals surface area contributed by atoms with E-state index in [0.717, 1.165) is 18.0 Å². The molecule has 0 saturated carbocycles. The Morgan fingerprint density at radius 3 is 3.05 bits per heavy atom. The molecule has 1 fully saturated rings. The van der Waals surface area contributed by atoms with Crippen LogP contribution in [-0.4, -0.2) is 37.8 Å².